The summed E-state index contributed by atoms with van der Waals surface area (Å²) in [7, 11) is 0. The van der Waals surface area contributed by atoms with Gasteiger partial charge in [0.15, 0.2) is 0 Å². The van der Waals surface area contributed by atoms with Gasteiger partial charge in [-0.1, -0.05) is 19.9 Å². The van der Waals surface area contributed by atoms with Gasteiger partial charge in [0.2, 0.25) is 5.78 Å². The molecule has 4 heteroatoms. The standard InChI is InChI=1S/C11H10N2OS.C2H6/c1-12-10(8-4-2-6-13-8)11(14)9-5-3-7-15-9;1-2/h3,5,7,13H,2,4,6H2;1-2H3/b10-8+;. The molecule has 1 aromatic heterocycles. The smallest absolute Gasteiger partial charge is 0.253 e. The number of allylic oxidation sites excluding steroid dienone is 2. The number of rotatable bonds is 2. The van der Waals surface area contributed by atoms with E-state index >= 15 is 0 Å². The third kappa shape index (κ3) is 3.18. The maximum Gasteiger partial charge on any atom is 0.253 e. The minimum absolute atomic E-state index is 0.149. The molecule has 0 atom stereocenters. The predicted octanol–water partition coefficient (Wildman–Crippen LogP) is 3.47. The second kappa shape index (κ2) is 6.87. The molecule has 0 bridgehead atoms. The summed E-state index contributed by atoms with van der Waals surface area (Å²) in [5.41, 5.74) is 1.07. The van der Waals surface area contributed by atoms with Crippen LogP contribution in [0.2, 0.25) is 0 Å². The minimum atomic E-state index is -0.149. The van der Waals surface area contributed by atoms with E-state index in [1.165, 1.54) is 11.3 Å². The molecule has 17 heavy (non-hydrogen) atoms. The summed E-state index contributed by atoms with van der Waals surface area (Å²) in [6.45, 7) is 11.9. The molecule has 1 fully saturated rings. The third-order valence-corrected chi connectivity index (χ3v) is 3.17. The van der Waals surface area contributed by atoms with E-state index in [0.717, 1.165) is 25.1 Å². The Morgan fingerprint density at radius 2 is 2.29 bits per heavy atom. The molecule has 1 N–H and O–H groups in total. The highest BCUT2D eigenvalue weighted by molar-refractivity contribution is 7.12. The van der Waals surface area contributed by atoms with Crippen LogP contribution < -0.4 is 5.32 Å². The molecule has 1 aliphatic rings. The van der Waals surface area contributed by atoms with Gasteiger partial charge in [-0.2, -0.15) is 0 Å². The van der Waals surface area contributed by atoms with Gasteiger partial charge in [0, 0.05) is 12.2 Å². The average Bonchev–Trinajstić information content (AvgIpc) is 3.05. The van der Waals surface area contributed by atoms with Gasteiger partial charge in [0.1, 0.15) is 0 Å². The van der Waals surface area contributed by atoms with E-state index in [1.807, 2.05) is 25.3 Å². The van der Waals surface area contributed by atoms with Crippen molar-refractivity contribution in [3.63, 3.8) is 0 Å². The average molecular weight is 248 g/mol. The predicted molar refractivity (Wildman–Crippen MR) is 70.9 cm³/mol. The molecule has 0 spiro atoms. The first-order valence-electron chi connectivity index (χ1n) is 5.75. The van der Waals surface area contributed by atoms with Crippen LogP contribution in [0.4, 0.5) is 0 Å². The van der Waals surface area contributed by atoms with Crippen molar-refractivity contribution >= 4 is 17.1 Å². The van der Waals surface area contributed by atoms with Gasteiger partial charge < -0.3 is 10.1 Å². The molecule has 0 amide bonds. The molecular formula is C13H16N2OS. The molecule has 1 aliphatic heterocycles. The fourth-order valence-electron chi connectivity index (χ4n) is 1.57. The largest absolute Gasteiger partial charge is 0.397 e. The van der Waals surface area contributed by atoms with Crippen LogP contribution >= 0.6 is 11.3 Å². The Morgan fingerprint density at radius 1 is 1.53 bits per heavy atom. The van der Waals surface area contributed by atoms with Crippen LogP contribution in [-0.4, -0.2) is 12.3 Å². The summed E-state index contributed by atoms with van der Waals surface area (Å²) in [5, 5.41) is 4.95. The van der Waals surface area contributed by atoms with Crippen LogP contribution in [0.15, 0.2) is 28.9 Å². The fourth-order valence-corrected chi connectivity index (χ4v) is 2.24. The molecule has 2 rings (SSSR count). The number of hydrogen-bond donors (Lipinski definition) is 1. The highest BCUT2D eigenvalue weighted by Crippen LogP contribution is 2.21. The summed E-state index contributed by atoms with van der Waals surface area (Å²) in [6, 6.07) is 3.58. The summed E-state index contributed by atoms with van der Waals surface area (Å²) in [4.78, 5) is 15.9. The van der Waals surface area contributed by atoms with E-state index in [-0.39, 0.29) is 11.5 Å². The first kappa shape index (κ1) is 13.5. The molecular weight excluding hydrogens is 232 g/mol. The SMILES string of the molecule is CC.[C-]#[N+]/C(C(=O)c1cccs1)=C1\CCCN1. The monoisotopic (exact) mass is 248 g/mol. The van der Waals surface area contributed by atoms with E-state index in [2.05, 4.69) is 10.2 Å². The number of hydrogen-bond acceptors (Lipinski definition) is 3. The van der Waals surface area contributed by atoms with E-state index in [9.17, 15) is 4.79 Å². The van der Waals surface area contributed by atoms with Crippen LogP contribution in [0, 0.1) is 6.57 Å². The zero-order valence-electron chi connectivity index (χ0n) is 10.1. The highest BCUT2D eigenvalue weighted by atomic mass is 32.1. The number of thiophene rings is 1. The number of nitrogens with zero attached hydrogens (tertiary/aromatic N) is 1. The van der Waals surface area contributed by atoms with E-state index in [1.54, 1.807) is 6.07 Å². The first-order valence-corrected chi connectivity index (χ1v) is 6.63. The van der Waals surface area contributed by atoms with Crippen molar-refractivity contribution in [2.24, 2.45) is 0 Å². The van der Waals surface area contributed by atoms with Crippen molar-refractivity contribution in [2.75, 3.05) is 6.54 Å². The fraction of sp³-hybridized carbons (Fsp3) is 0.385. The zero-order valence-corrected chi connectivity index (χ0v) is 10.9. The van der Waals surface area contributed by atoms with Crippen molar-refractivity contribution in [3.8, 4) is 0 Å². The molecule has 90 valence electrons. The molecule has 3 nitrogen and oxygen atoms in total. The van der Waals surface area contributed by atoms with Gasteiger partial charge >= 0.3 is 0 Å². The van der Waals surface area contributed by atoms with Crippen LogP contribution in [-0.2, 0) is 0 Å². The molecule has 0 unspecified atom stereocenters. The number of carbonyl (C=O) groups is 1. The topological polar surface area (TPSA) is 33.5 Å². The molecule has 1 aromatic rings. The van der Waals surface area contributed by atoms with Crippen molar-refractivity contribution in [2.45, 2.75) is 26.7 Å². The van der Waals surface area contributed by atoms with E-state index in [0.29, 0.717) is 4.88 Å². The van der Waals surface area contributed by atoms with Crippen molar-refractivity contribution < 1.29 is 4.79 Å². The third-order valence-electron chi connectivity index (χ3n) is 2.30. The van der Waals surface area contributed by atoms with Gasteiger partial charge in [0.05, 0.1) is 11.4 Å². The number of carbonyl (C=O) groups excluding carboxylic acids is 1. The van der Waals surface area contributed by atoms with Crippen molar-refractivity contribution in [1.29, 1.82) is 0 Å². The second-order valence-corrected chi connectivity index (χ2v) is 4.22. The lowest BCUT2D eigenvalue weighted by Crippen LogP contribution is -2.10. The Bertz CT molecular complexity index is 432. The zero-order chi connectivity index (χ0) is 12.7. The Morgan fingerprint density at radius 3 is 2.76 bits per heavy atom. The second-order valence-electron chi connectivity index (χ2n) is 3.28. The van der Waals surface area contributed by atoms with Crippen LogP contribution in [0.25, 0.3) is 4.85 Å². The minimum Gasteiger partial charge on any atom is -0.397 e. The molecule has 1 saturated heterocycles. The molecule has 0 radical (unpaired) electrons. The van der Waals surface area contributed by atoms with Crippen LogP contribution in [0.3, 0.4) is 0 Å². The quantitative estimate of drug-likeness (QED) is 0.494. The van der Waals surface area contributed by atoms with Gasteiger partial charge in [-0.05, 0) is 24.3 Å². The summed E-state index contributed by atoms with van der Waals surface area (Å²) < 4.78 is 0. The molecule has 0 aromatic carbocycles. The number of nitrogens with one attached hydrogen (secondary N) is 1. The Kier molecular flexibility index (Phi) is 5.44. The van der Waals surface area contributed by atoms with Gasteiger partial charge in [-0.15, -0.1) is 11.3 Å². The maximum atomic E-state index is 11.9. The normalized spacial score (nSPS) is 16.3. The summed E-state index contributed by atoms with van der Waals surface area (Å²) in [5.74, 6) is -0.149. The Balaban J connectivity index is 0.000000686. The highest BCUT2D eigenvalue weighted by Gasteiger charge is 2.20. The Hall–Kier alpha value is -1.60. The maximum absolute atomic E-state index is 11.9. The van der Waals surface area contributed by atoms with E-state index in [4.69, 9.17) is 6.57 Å². The summed E-state index contributed by atoms with van der Waals surface area (Å²) >= 11 is 1.38. The number of ketones is 1. The summed E-state index contributed by atoms with van der Waals surface area (Å²) in [6.07, 6.45) is 1.82. The van der Waals surface area contributed by atoms with E-state index < -0.39 is 0 Å². The number of Topliss-reactive ketones (excluding diaryl/α,β-unsaturated/α-hetero) is 1. The van der Waals surface area contributed by atoms with Gasteiger partial charge in [-0.3, -0.25) is 0 Å². The molecule has 2 heterocycles. The van der Waals surface area contributed by atoms with Gasteiger partial charge in [0.25, 0.3) is 5.70 Å². The van der Waals surface area contributed by atoms with Crippen molar-refractivity contribution in [1.82, 2.24) is 5.32 Å². The lowest BCUT2D eigenvalue weighted by molar-refractivity contribution is 0.104. The Labute approximate surface area is 106 Å². The van der Waals surface area contributed by atoms with Crippen LogP contribution in [0.1, 0.15) is 36.4 Å². The van der Waals surface area contributed by atoms with Crippen molar-refractivity contribution in [3.05, 3.63) is 45.2 Å². The van der Waals surface area contributed by atoms with Gasteiger partial charge in [-0.25, -0.2) is 4.85 Å². The molecule has 0 aliphatic carbocycles. The lowest BCUT2D eigenvalue weighted by Gasteiger charge is -2.01. The lowest BCUT2D eigenvalue weighted by atomic mass is 10.2. The molecule has 0 saturated carbocycles. The van der Waals surface area contributed by atoms with Crippen LogP contribution in [0.5, 0.6) is 0 Å². The first-order chi connectivity index (χ1) is 8.33.